The zero-order valence-corrected chi connectivity index (χ0v) is 11.5. The lowest BCUT2D eigenvalue weighted by molar-refractivity contribution is -0.0603. The van der Waals surface area contributed by atoms with Crippen molar-refractivity contribution >= 4 is 11.0 Å². The van der Waals surface area contributed by atoms with Crippen LogP contribution in [0.4, 0.5) is 8.78 Å². The average Bonchev–Trinajstić information content (AvgIpc) is 2.77. The molecule has 1 aromatic carbocycles. The largest absolute Gasteiger partial charge is 0.376 e. The third-order valence-corrected chi connectivity index (χ3v) is 3.73. The van der Waals surface area contributed by atoms with Crippen molar-refractivity contribution in [1.29, 1.82) is 0 Å². The van der Waals surface area contributed by atoms with E-state index in [1.807, 2.05) is 11.5 Å². The summed E-state index contributed by atoms with van der Waals surface area (Å²) in [6, 6.07) is 2.62. The summed E-state index contributed by atoms with van der Waals surface area (Å²) in [5.41, 5.74) is 1.08. The quantitative estimate of drug-likeness (QED) is 0.846. The summed E-state index contributed by atoms with van der Waals surface area (Å²) in [5.74, 6) is -1.71. The minimum absolute atomic E-state index is 0.176. The van der Waals surface area contributed by atoms with Crippen LogP contribution in [0.15, 0.2) is 18.5 Å². The maximum atomic E-state index is 13.4. The molecule has 0 N–H and O–H groups in total. The molecule has 1 saturated heterocycles. The highest BCUT2D eigenvalue weighted by Gasteiger charge is 2.24. The van der Waals surface area contributed by atoms with E-state index in [1.165, 1.54) is 6.07 Å². The van der Waals surface area contributed by atoms with Gasteiger partial charge < -0.3 is 9.30 Å². The van der Waals surface area contributed by atoms with Gasteiger partial charge in [-0.1, -0.05) is 0 Å². The van der Waals surface area contributed by atoms with Crippen LogP contribution < -0.4 is 0 Å². The van der Waals surface area contributed by atoms with Gasteiger partial charge in [-0.25, -0.2) is 13.8 Å². The molecule has 2 unspecified atom stereocenters. The molecule has 0 bridgehead atoms. The van der Waals surface area contributed by atoms with E-state index >= 15 is 0 Å². The molecule has 6 heteroatoms. The summed E-state index contributed by atoms with van der Waals surface area (Å²) in [6.45, 7) is 6.20. The number of fused-ring (bicyclic) bond motifs is 1. The van der Waals surface area contributed by atoms with E-state index in [0.29, 0.717) is 24.3 Å². The van der Waals surface area contributed by atoms with Crippen LogP contribution in [0.3, 0.4) is 0 Å². The van der Waals surface area contributed by atoms with Gasteiger partial charge in [0.05, 0.1) is 36.7 Å². The number of hydrogen-bond acceptors (Lipinski definition) is 3. The first kappa shape index (κ1) is 13.5. The van der Waals surface area contributed by atoms with E-state index in [0.717, 1.165) is 12.6 Å². The predicted octanol–water partition coefficient (Wildman–Crippen LogP) is 2.38. The number of aromatic nitrogens is 2. The predicted molar refractivity (Wildman–Crippen MR) is 71.2 cm³/mol. The number of nitrogens with zero attached hydrogens (tertiary/aromatic N) is 3. The van der Waals surface area contributed by atoms with Gasteiger partial charge in [0.25, 0.3) is 0 Å². The average molecular weight is 281 g/mol. The summed E-state index contributed by atoms with van der Waals surface area (Å²) in [5, 5.41) is 0. The first-order valence-electron chi connectivity index (χ1n) is 6.70. The first-order valence-corrected chi connectivity index (χ1v) is 6.70. The van der Waals surface area contributed by atoms with Crippen molar-refractivity contribution in [3.63, 3.8) is 0 Å². The van der Waals surface area contributed by atoms with Gasteiger partial charge in [0.1, 0.15) is 0 Å². The molecule has 3 rings (SSSR count). The molecule has 20 heavy (non-hydrogen) atoms. The van der Waals surface area contributed by atoms with Gasteiger partial charge in [-0.15, -0.1) is 0 Å². The zero-order chi connectivity index (χ0) is 14.3. The Morgan fingerprint density at radius 1 is 1.30 bits per heavy atom. The molecule has 0 radical (unpaired) electrons. The second-order valence-electron chi connectivity index (χ2n) is 5.38. The fourth-order valence-corrected chi connectivity index (χ4v) is 2.53. The van der Waals surface area contributed by atoms with Gasteiger partial charge in [-0.3, -0.25) is 4.90 Å². The Balaban J connectivity index is 1.89. The van der Waals surface area contributed by atoms with Gasteiger partial charge in [-0.05, 0) is 13.8 Å². The molecule has 108 valence electrons. The first-order chi connectivity index (χ1) is 9.54. The molecule has 2 heterocycles. The summed E-state index contributed by atoms with van der Waals surface area (Å²) in [7, 11) is 0. The molecule has 1 aliphatic heterocycles. The smallest absolute Gasteiger partial charge is 0.161 e. The fraction of sp³-hybridized carbons (Fsp3) is 0.500. The SMILES string of the molecule is CC1CN(Cn2cnc3cc(F)c(F)cc32)C(C)CO1. The molecule has 1 fully saturated rings. The monoisotopic (exact) mass is 281 g/mol. The summed E-state index contributed by atoms with van der Waals surface area (Å²) >= 11 is 0. The Bertz CT molecular complexity index is 628. The maximum Gasteiger partial charge on any atom is 0.161 e. The lowest BCUT2D eigenvalue weighted by atomic mass is 10.2. The van der Waals surface area contributed by atoms with Crippen molar-refractivity contribution in [3.05, 3.63) is 30.1 Å². The summed E-state index contributed by atoms with van der Waals surface area (Å²) < 4.78 is 34.0. The maximum absolute atomic E-state index is 13.4. The number of ether oxygens (including phenoxy) is 1. The summed E-state index contributed by atoms with van der Waals surface area (Å²) in [6.07, 6.45) is 1.80. The lowest BCUT2D eigenvalue weighted by Crippen LogP contribution is -2.47. The number of rotatable bonds is 2. The van der Waals surface area contributed by atoms with Crippen molar-refractivity contribution in [1.82, 2.24) is 14.5 Å². The Kier molecular flexibility index (Phi) is 3.43. The van der Waals surface area contributed by atoms with E-state index in [9.17, 15) is 8.78 Å². The zero-order valence-electron chi connectivity index (χ0n) is 11.5. The standard InChI is InChI=1S/C14H17F2N3O/c1-9-6-20-10(2)5-18(9)8-19-7-17-13-3-11(15)12(16)4-14(13)19/h3-4,7,9-10H,5-6,8H2,1-2H3. The Morgan fingerprint density at radius 2 is 2.05 bits per heavy atom. The van der Waals surface area contributed by atoms with Crippen molar-refractivity contribution in [2.24, 2.45) is 0 Å². The number of benzene rings is 1. The van der Waals surface area contributed by atoms with Crippen molar-refractivity contribution in [2.75, 3.05) is 13.2 Å². The molecule has 0 spiro atoms. The molecule has 0 aliphatic carbocycles. The molecule has 4 nitrogen and oxygen atoms in total. The number of morpholine rings is 1. The molecule has 1 aliphatic rings. The van der Waals surface area contributed by atoms with E-state index in [-0.39, 0.29) is 12.1 Å². The molecule has 2 aromatic rings. The van der Waals surface area contributed by atoms with E-state index in [4.69, 9.17) is 4.74 Å². The van der Waals surface area contributed by atoms with E-state index < -0.39 is 11.6 Å². The van der Waals surface area contributed by atoms with Crippen LogP contribution in [-0.2, 0) is 11.4 Å². The highest BCUT2D eigenvalue weighted by molar-refractivity contribution is 5.75. The topological polar surface area (TPSA) is 30.3 Å². The van der Waals surface area contributed by atoms with Gasteiger partial charge in [0.15, 0.2) is 11.6 Å². The van der Waals surface area contributed by atoms with Gasteiger partial charge in [0, 0.05) is 24.7 Å². The van der Waals surface area contributed by atoms with Crippen LogP contribution in [0, 0.1) is 11.6 Å². The number of hydrogen-bond donors (Lipinski definition) is 0. The third-order valence-electron chi connectivity index (χ3n) is 3.73. The number of imidazole rings is 1. The van der Waals surface area contributed by atoms with Crippen LogP contribution in [0.25, 0.3) is 11.0 Å². The van der Waals surface area contributed by atoms with Crippen LogP contribution in [-0.4, -0.2) is 39.7 Å². The van der Waals surface area contributed by atoms with Gasteiger partial charge in [0.2, 0.25) is 0 Å². The normalized spacial score (nSPS) is 24.4. The van der Waals surface area contributed by atoms with Gasteiger partial charge in [-0.2, -0.15) is 0 Å². The highest BCUT2D eigenvalue weighted by atomic mass is 19.2. The van der Waals surface area contributed by atoms with Crippen molar-refractivity contribution < 1.29 is 13.5 Å². The fourth-order valence-electron chi connectivity index (χ4n) is 2.53. The Labute approximate surface area is 116 Å². The van der Waals surface area contributed by atoms with Crippen LogP contribution in [0.2, 0.25) is 0 Å². The highest BCUT2D eigenvalue weighted by Crippen LogP contribution is 2.19. The van der Waals surface area contributed by atoms with Crippen molar-refractivity contribution in [2.45, 2.75) is 32.7 Å². The van der Waals surface area contributed by atoms with Crippen LogP contribution in [0.1, 0.15) is 13.8 Å². The van der Waals surface area contributed by atoms with E-state index in [1.54, 1.807) is 6.33 Å². The number of halogens is 2. The molecule has 2 atom stereocenters. The Morgan fingerprint density at radius 3 is 2.85 bits per heavy atom. The molecule has 1 aromatic heterocycles. The molecular formula is C14H17F2N3O. The Hall–Kier alpha value is -1.53. The van der Waals surface area contributed by atoms with Crippen LogP contribution >= 0.6 is 0 Å². The second kappa shape index (κ2) is 5.10. The molecular weight excluding hydrogens is 264 g/mol. The van der Waals surface area contributed by atoms with Crippen LogP contribution in [0.5, 0.6) is 0 Å². The minimum atomic E-state index is -0.865. The van der Waals surface area contributed by atoms with E-state index in [2.05, 4.69) is 16.8 Å². The second-order valence-corrected chi connectivity index (χ2v) is 5.38. The van der Waals surface area contributed by atoms with Crippen molar-refractivity contribution in [3.8, 4) is 0 Å². The minimum Gasteiger partial charge on any atom is -0.376 e. The van der Waals surface area contributed by atoms with Gasteiger partial charge >= 0.3 is 0 Å². The molecule has 0 saturated carbocycles. The lowest BCUT2D eigenvalue weighted by Gasteiger charge is -2.36. The molecule has 0 amide bonds. The third kappa shape index (κ3) is 2.41. The summed E-state index contributed by atoms with van der Waals surface area (Å²) in [4.78, 5) is 6.38.